The number of hydrogen-bond acceptors (Lipinski definition) is 7. The van der Waals surface area contributed by atoms with Gasteiger partial charge < -0.3 is 14.2 Å². The number of carbonyl (C=O) groups is 2. The highest BCUT2D eigenvalue weighted by atomic mass is 32.2. The number of rotatable bonds is 5. The van der Waals surface area contributed by atoms with Crippen LogP contribution in [0.4, 0.5) is 5.69 Å². The Bertz CT molecular complexity index is 1030. The van der Waals surface area contributed by atoms with Crippen LogP contribution in [0.2, 0.25) is 0 Å². The van der Waals surface area contributed by atoms with Crippen LogP contribution in [0.25, 0.3) is 0 Å². The molecule has 0 N–H and O–H groups in total. The van der Waals surface area contributed by atoms with Gasteiger partial charge in [0.25, 0.3) is 0 Å². The highest BCUT2D eigenvalue weighted by Gasteiger charge is 2.37. The molecule has 0 aromatic heterocycles. The van der Waals surface area contributed by atoms with Crippen LogP contribution < -0.4 is 14.2 Å². The SMILES string of the molecule is COc1ccc(C2CC(C3C(=O)CCCC3=O)=Nc3ccccc3S2)c(OC)c1OC. The Morgan fingerprint density at radius 1 is 0.903 bits per heavy atom. The molecule has 1 atom stereocenters. The summed E-state index contributed by atoms with van der Waals surface area (Å²) in [5, 5.41) is -0.111. The van der Waals surface area contributed by atoms with Gasteiger partial charge in [0.1, 0.15) is 17.5 Å². The van der Waals surface area contributed by atoms with E-state index in [1.54, 1.807) is 33.1 Å². The van der Waals surface area contributed by atoms with E-state index in [-0.39, 0.29) is 16.8 Å². The first-order valence-corrected chi connectivity index (χ1v) is 11.1. The molecule has 162 valence electrons. The molecule has 1 heterocycles. The third-order valence-corrected chi connectivity index (χ3v) is 7.00. The zero-order chi connectivity index (χ0) is 22.0. The van der Waals surface area contributed by atoms with Gasteiger partial charge in [-0.2, -0.15) is 0 Å². The van der Waals surface area contributed by atoms with Crippen LogP contribution in [0, 0.1) is 5.92 Å². The predicted molar refractivity (Wildman–Crippen MR) is 120 cm³/mol. The molecule has 2 aliphatic rings. The second-order valence-corrected chi connectivity index (χ2v) is 8.77. The van der Waals surface area contributed by atoms with Crippen molar-refractivity contribution in [1.29, 1.82) is 0 Å². The van der Waals surface area contributed by atoms with E-state index in [0.717, 1.165) is 16.1 Å². The minimum absolute atomic E-state index is 0.0302. The molecule has 0 bridgehead atoms. The lowest BCUT2D eigenvalue weighted by molar-refractivity contribution is -0.132. The Morgan fingerprint density at radius 2 is 1.61 bits per heavy atom. The second-order valence-electron chi connectivity index (χ2n) is 7.52. The van der Waals surface area contributed by atoms with Crippen molar-refractivity contribution in [3.8, 4) is 17.2 Å². The van der Waals surface area contributed by atoms with Gasteiger partial charge in [-0.25, -0.2) is 0 Å². The molecule has 0 radical (unpaired) electrons. The van der Waals surface area contributed by atoms with Crippen molar-refractivity contribution >= 4 is 34.7 Å². The maximum Gasteiger partial charge on any atom is 0.203 e. The third-order valence-electron chi connectivity index (χ3n) is 5.70. The van der Waals surface area contributed by atoms with Crippen LogP contribution in [0.1, 0.15) is 36.5 Å². The lowest BCUT2D eigenvalue weighted by Gasteiger charge is -2.24. The van der Waals surface area contributed by atoms with E-state index in [9.17, 15) is 9.59 Å². The average Bonchev–Trinajstić information content (AvgIpc) is 2.97. The number of para-hydroxylation sites is 1. The number of aliphatic imine (C=N–C) groups is 1. The largest absolute Gasteiger partial charge is 0.493 e. The monoisotopic (exact) mass is 439 g/mol. The molecule has 4 rings (SSSR count). The van der Waals surface area contributed by atoms with Crippen molar-refractivity contribution in [3.63, 3.8) is 0 Å². The fourth-order valence-corrected chi connectivity index (χ4v) is 5.51. The molecule has 7 heteroatoms. The highest BCUT2D eigenvalue weighted by Crippen LogP contribution is 2.51. The number of carbonyl (C=O) groups excluding carboxylic acids is 2. The fourth-order valence-electron chi connectivity index (χ4n) is 4.24. The van der Waals surface area contributed by atoms with Crippen LogP contribution in [-0.2, 0) is 9.59 Å². The minimum Gasteiger partial charge on any atom is -0.493 e. The van der Waals surface area contributed by atoms with E-state index in [2.05, 4.69) is 0 Å². The highest BCUT2D eigenvalue weighted by molar-refractivity contribution is 7.99. The van der Waals surface area contributed by atoms with E-state index < -0.39 is 5.92 Å². The first kappa shape index (κ1) is 21.4. The number of benzene rings is 2. The molecule has 2 aromatic carbocycles. The van der Waals surface area contributed by atoms with Crippen LogP contribution in [0.3, 0.4) is 0 Å². The number of thioether (sulfide) groups is 1. The summed E-state index contributed by atoms with van der Waals surface area (Å²) in [5.74, 6) is 0.862. The fraction of sp³-hybridized carbons (Fsp3) is 0.375. The van der Waals surface area contributed by atoms with Gasteiger partial charge in [0.15, 0.2) is 11.5 Å². The molecule has 0 saturated heterocycles. The molecule has 1 unspecified atom stereocenters. The topological polar surface area (TPSA) is 74.2 Å². The molecule has 1 fully saturated rings. The number of ketones is 2. The van der Waals surface area contributed by atoms with E-state index >= 15 is 0 Å². The van der Waals surface area contributed by atoms with E-state index in [4.69, 9.17) is 19.2 Å². The van der Waals surface area contributed by atoms with Gasteiger partial charge >= 0.3 is 0 Å². The van der Waals surface area contributed by atoms with Crippen LogP contribution in [0.5, 0.6) is 17.2 Å². The van der Waals surface area contributed by atoms with Crippen molar-refractivity contribution in [3.05, 3.63) is 42.0 Å². The molecule has 0 spiro atoms. The van der Waals surface area contributed by atoms with Crippen LogP contribution >= 0.6 is 11.8 Å². The summed E-state index contributed by atoms with van der Waals surface area (Å²) in [6.45, 7) is 0. The first-order valence-electron chi connectivity index (χ1n) is 10.2. The van der Waals surface area contributed by atoms with Gasteiger partial charge in [-0.15, -0.1) is 11.8 Å². The number of fused-ring (bicyclic) bond motifs is 1. The Hall–Kier alpha value is -2.80. The Labute approximate surface area is 186 Å². The molecule has 6 nitrogen and oxygen atoms in total. The predicted octanol–water partition coefficient (Wildman–Crippen LogP) is 4.96. The second kappa shape index (κ2) is 9.14. The van der Waals surface area contributed by atoms with Crippen LogP contribution in [-0.4, -0.2) is 38.6 Å². The minimum atomic E-state index is -0.755. The number of nitrogens with zero attached hydrogens (tertiary/aromatic N) is 1. The third kappa shape index (κ3) is 4.06. The maximum atomic E-state index is 12.7. The van der Waals surface area contributed by atoms with E-state index in [0.29, 0.717) is 48.6 Å². The maximum absolute atomic E-state index is 12.7. The summed E-state index contributed by atoms with van der Waals surface area (Å²) in [5.41, 5.74) is 2.33. The summed E-state index contributed by atoms with van der Waals surface area (Å²) in [6.07, 6.45) is 1.94. The van der Waals surface area contributed by atoms with Crippen molar-refractivity contribution in [1.82, 2.24) is 0 Å². The summed E-state index contributed by atoms with van der Waals surface area (Å²) in [4.78, 5) is 31.2. The zero-order valence-corrected chi connectivity index (χ0v) is 18.7. The van der Waals surface area contributed by atoms with Crippen molar-refractivity contribution in [2.45, 2.75) is 35.8 Å². The van der Waals surface area contributed by atoms with Gasteiger partial charge in [0, 0.05) is 40.7 Å². The molecule has 1 aliphatic heterocycles. The molecule has 0 amide bonds. The quantitative estimate of drug-likeness (QED) is 0.613. The molecule has 31 heavy (non-hydrogen) atoms. The zero-order valence-electron chi connectivity index (χ0n) is 17.8. The Morgan fingerprint density at radius 3 is 2.29 bits per heavy atom. The number of ether oxygens (including phenoxy) is 3. The Balaban J connectivity index is 1.83. The normalized spacial score (nSPS) is 19.3. The van der Waals surface area contributed by atoms with E-state index in [1.165, 1.54) is 0 Å². The van der Waals surface area contributed by atoms with Crippen molar-refractivity contribution in [2.24, 2.45) is 10.9 Å². The van der Waals surface area contributed by atoms with Crippen LogP contribution in [0.15, 0.2) is 46.3 Å². The molecular weight excluding hydrogens is 414 g/mol. The van der Waals surface area contributed by atoms with Gasteiger partial charge in [0.2, 0.25) is 5.75 Å². The average molecular weight is 440 g/mol. The smallest absolute Gasteiger partial charge is 0.203 e. The van der Waals surface area contributed by atoms with Gasteiger partial charge in [-0.05, 0) is 24.6 Å². The van der Waals surface area contributed by atoms with E-state index in [1.807, 2.05) is 36.4 Å². The molecule has 1 saturated carbocycles. The number of methoxy groups -OCH3 is 3. The van der Waals surface area contributed by atoms with Gasteiger partial charge in [-0.3, -0.25) is 14.6 Å². The number of hydrogen-bond donors (Lipinski definition) is 0. The first-order chi connectivity index (χ1) is 15.1. The van der Waals surface area contributed by atoms with Crippen molar-refractivity contribution in [2.75, 3.05) is 21.3 Å². The molecular formula is C24H25NO5S. The lowest BCUT2D eigenvalue weighted by atomic mass is 9.81. The summed E-state index contributed by atoms with van der Waals surface area (Å²) in [6, 6.07) is 11.6. The van der Waals surface area contributed by atoms with Gasteiger partial charge in [-0.1, -0.05) is 18.2 Å². The summed E-state index contributed by atoms with van der Waals surface area (Å²) in [7, 11) is 4.75. The van der Waals surface area contributed by atoms with Gasteiger partial charge in [0.05, 0.1) is 27.0 Å². The standard InChI is InChI=1S/C24H25NO5S/c1-28-19-12-11-14(23(29-2)24(19)30-3)21-13-16(22-17(26)8-6-9-18(22)27)25-15-7-4-5-10-20(15)31-21/h4-5,7,10-12,21-22H,6,8-9,13H2,1-3H3. The lowest BCUT2D eigenvalue weighted by Crippen LogP contribution is -2.35. The molecule has 1 aliphatic carbocycles. The number of Topliss-reactive ketones (excluding diaryl/α,β-unsaturated/α-hetero) is 2. The van der Waals surface area contributed by atoms with Crippen molar-refractivity contribution < 1.29 is 23.8 Å². The Kier molecular flexibility index (Phi) is 6.32. The summed E-state index contributed by atoms with van der Waals surface area (Å²) < 4.78 is 16.7. The molecule has 2 aromatic rings. The summed E-state index contributed by atoms with van der Waals surface area (Å²) >= 11 is 1.65.